The number of carbonyl (C=O) groups excluding carboxylic acids is 1. The zero-order valence-corrected chi connectivity index (χ0v) is 23.5. The van der Waals surface area contributed by atoms with Gasteiger partial charge in [-0.3, -0.25) is 4.79 Å². The van der Waals surface area contributed by atoms with E-state index in [4.69, 9.17) is 4.98 Å². The third kappa shape index (κ3) is 6.15. The fourth-order valence-corrected chi connectivity index (χ4v) is 7.63. The van der Waals surface area contributed by atoms with Crippen LogP contribution < -0.4 is 15.5 Å². The van der Waals surface area contributed by atoms with Gasteiger partial charge in [0, 0.05) is 18.8 Å². The number of carbonyl (C=O) groups is 1. The second-order valence-corrected chi connectivity index (χ2v) is 14.6. The Kier molecular flexibility index (Phi) is 7.20. The van der Waals surface area contributed by atoms with Gasteiger partial charge in [0.15, 0.2) is 9.84 Å². The zero-order valence-electron chi connectivity index (χ0n) is 22.7. The summed E-state index contributed by atoms with van der Waals surface area (Å²) < 4.78 is 25.8. The number of pyridine rings is 1. The van der Waals surface area contributed by atoms with Crippen molar-refractivity contribution < 1.29 is 18.3 Å². The molecule has 9 heteroatoms. The Morgan fingerprint density at radius 3 is 2.47 bits per heavy atom. The Bertz CT molecular complexity index is 1290. The van der Waals surface area contributed by atoms with E-state index in [9.17, 15) is 18.3 Å². The second-order valence-electron chi connectivity index (χ2n) is 12.6. The van der Waals surface area contributed by atoms with Gasteiger partial charge in [0.2, 0.25) is 0 Å². The smallest absolute Gasteiger partial charge is 0.259 e. The van der Waals surface area contributed by atoms with Crippen LogP contribution in [0.1, 0.15) is 76.1 Å². The molecule has 3 N–H and O–H groups in total. The molecular weight excluding hydrogens is 500 g/mol. The van der Waals surface area contributed by atoms with Crippen LogP contribution in [0.2, 0.25) is 0 Å². The lowest BCUT2D eigenvalue weighted by atomic mass is 9.93. The highest BCUT2D eigenvalue weighted by Gasteiger charge is 2.45. The summed E-state index contributed by atoms with van der Waals surface area (Å²) in [5.74, 6) is 0.986. The highest BCUT2D eigenvalue weighted by atomic mass is 32.2. The Hall–Kier alpha value is -2.65. The largest absolute Gasteiger partial charge is 0.391 e. The van der Waals surface area contributed by atoms with Crippen LogP contribution in [0.15, 0.2) is 41.3 Å². The average Bonchev–Trinajstić information content (AvgIpc) is 3.48. The second kappa shape index (κ2) is 10.2. The summed E-state index contributed by atoms with van der Waals surface area (Å²) in [5.41, 5.74) is 0.998. The van der Waals surface area contributed by atoms with Crippen LogP contribution in [0.25, 0.3) is 0 Å². The maximum Gasteiger partial charge on any atom is 0.259 e. The van der Waals surface area contributed by atoms with E-state index in [1.54, 1.807) is 30.3 Å². The molecule has 0 unspecified atom stereocenters. The normalized spacial score (nSPS) is 22.9. The number of benzene rings is 1. The van der Waals surface area contributed by atoms with E-state index in [-0.39, 0.29) is 28.0 Å². The first kappa shape index (κ1) is 26.9. The molecule has 1 aromatic carbocycles. The van der Waals surface area contributed by atoms with Crippen LogP contribution >= 0.6 is 0 Å². The average molecular weight is 541 g/mol. The molecule has 3 fully saturated rings. The van der Waals surface area contributed by atoms with Crippen LogP contribution in [-0.2, 0) is 9.84 Å². The van der Waals surface area contributed by atoms with Crippen molar-refractivity contribution in [1.29, 1.82) is 0 Å². The molecule has 2 atom stereocenters. The van der Waals surface area contributed by atoms with Gasteiger partial charge in [0.25, 0.3) is 5.91 Å². The summed E-state index contributed by atoms with van der Waals surface area (Å²) in [6, 6.07) is 10.00. The highest BCUT2D eigenvalue weighted by molar-refractivity contribution is 7.91. The lowest BCUT2D eigenvalue weighted by Crippen LogP contribution is -2.36. The summed E-state index contributed by atoms with van der Waals surface area (Å²) in [6.45, 7) is 7.37. The van der Waals surface area contributed by atoms with E-state index in [1.165, 1.54) is 18.9 Å². The molecular formula is C29H40N4O4S. The van der Waals surface area contributed by atoms with Crippen LogP contribution in [0.5, 0.6) is 0 Å². The molecule has 1 spiro atoms. The molecule has 0 radical (unpaired) electrons. The molecule has 0 bridgehead atoms. The van der Waals surface area contributed by atoms with E-state index >= 15 is 0 Å². The summed E-state index contributed by atoms with van der Waals surface area (Å²) in [4.78, 5) is 20.8. The van der Waals surface area contributed by atoms with Crippen molar-refractivity contribution in [1.82, 2.24) is 4.98 Å². The number of rotatable bonds is 7. The minimum atomic E-state index is -3.49. The third-order valence-corrected chi connectivity index (χ3v) is 10.3. The van der Waals surface area contributed by atoms with Crippen LogP contribution in [0.3, 0.4) is 0 Å². The van der Waals surface area contributed by atoms with Gasteiger partial charge in [-0.05, 0) is 86.1 Å². The van der Waals surface area contributed by atoms with Gasteiger partial charge < -0.3 is 20.6 Å². The lowest BCUT2D eigenvalue weighted by Gasteiger charge is -2.34. The number of nitrogens with one attached hydrogen (secondary N) is 2. The van der Waals surface area contributed by atoms with Crippen molar-refractivity contribution in [2.24, 2.45) is 10.8 Å². The quantitative estimate of drug-likeness (QED) is 0.460. The van der Waals surface area contributed by atoms with Gasteiger partial charge in [-0.15, -0.1) is 0 Å². The minimum absolute atomic E-state index is 0.0199. The zero-order chi connectivity index (χ0) is 27.1. The third-order valence-electron chi connectivity index (χ3n) is 8.09. The molecule has 1 amide bonds. The van der Waals surface area contributed by atoms with E-state index in [1.807, 2.05) is 20.8 Å². The first-order valence-electron chi connectivity index (χ1n) is 13.8. The molecule has 8 nitrogen and oxygen atoms in total. The summed E-state index contributed by atoms with van der Waals surface area (Å²) >= 11 is 0. The number of anilines is 3. The number of amides is 1. The Morgan fingerprint density at radius 1 is 1.11 bits per heavy atom. The van der Waals surface area contributed by atoms with Crippen LogP contribution in [-0.4, -0.2) is 55.4 Å². The maximum atomic E-state index is 13.5. The molecule has 3 aliphatic rings. The first-order chi connectivity index (χ1) is 17.9. The Morgan fingerprint density at radius 2 is 1.84 bits per heavy atom. The number of aromatic nitrogens is 1. The molecule has 2 aliphatic carbocycles. The van der Waals surface area contributed by atoms with Crippen molar-refractivity contribution in [3.8, 4) is 0 Å². The van der Waals surface area contributed by atoms with E-state index < -0.39 is 15.9 Å². The number of hydrogen-bond acceptors (Lipinski definition) is 7. The molecule has 38 heavy (non-hydrogen) atoms. The van der Waals surface area contributed by atoms with Gasteiger partial charge in [-0.1, -0.05) is 26.8 Å². The Labute approximate surface area is 226 Å². The van der Waals surface area contributed by atoms with Crippen molar-refractivity contribution in [2.75, 3.05) is 34.4 Å². The minimum Gasteiger partial charge on any atom is -0.391 e. The van der Waals surface area contributed by atoms with Crippen molar-refractivity contribution in [3.63, 3.8) is 0 Å². The fourth-order valence-electron chi connectivity index (χ4n) is 5.73. The van der Waals surface area contributed by atoms with Crippen LogP contribution in [0.4, 0.5) is 17.3 Å². The molecule has 2 aromatic rings. The van der Waals surface area contributed by atoms with E-state index in [0.717, 1.165) is 45.2 Å². The number of hydrogen-bond donors (Lipinski definition) is 3. The van der Waals surface area contributed by atoms with Gasteiger partial charge in [-0.25, -0.2) is 13.4 Å². The molecule has 206 valence electrons. The predicted octanol–water partition coefficient (Wildman–Crippen LogP) is 4.86. The predicted molar refractivity (Wildman–Crippen MR) is 151 cm³/mol. The topological polar surface area (TPSA) is 112 Å². The fraction of sp³-hybridized carbons (Fsp3) is 0.586. The van der Waals surface area contributed by atoms with E-state index in [2.05, 4.69) is 15.5 Å². The maximum absolute atomic E-state index is 13.5. The molecule has 2 heterocycles. The van der Waals surface area contributed by atoms with E-state index in [0.29, 0.717) is 28.3 Å². The number of aliphatic hydroxyl groups is 1. The lowest BCUT2D eigenvalue weighted by molar-refractivity contribution is 0.102. The summed E-state index contributed by atoms with van der Waals surface area (Å²) in [7, 11) is -3.49. The monoisotopic (exact) mass is 540 g/mol. The van der Waals surface area contributed by atoms with Crippen LogP contribution in [0, 0.1) is 10.8 Å². The van der Waals surface area contributed by atoms with Gasteiger partial charge >= 0.3 is 0 Å². The highest BCUT2D eigenvalue weighted by Crippen LogP contribution is 2.54. The Balaban J connectivity index is 1.39. The molecule has 2 saturated carbocycles. The molecule has 5 rings (SSSR count). The van der Waals surface area contributed by atoms with Crippen molar-refractivity contribution in [3.05, 3.63) is 42.0 Å². The molecule has 1 aromatic heterocycles. The first-order valence-corrected chi connectivity index (χ1v) is 15.4. The number of piperidine rings is 1. The number of nitrogens with zero attached hydrogens (tertiary/aromatic N) is 2. The number of aliphatic hydroxyl groups excluding tert-OH is 1. The van der Waals surface area contributed by atoms with Crippen molar-refractivity contribution in [2.45, 2.75) is 82.8 Å². The molecule has 1 aliphatic heterocycles. The van der Waals surface area contributed by atoms with Gasteiger partial charge in [0.05, 0.1) is 28.4 Å². The number of sulfone groups is 1. The van der Waals surface area contributed by atoms with Gasteiger partial charge in [0.1, 0.15) is 11.6 Å². The van der Waals surface area contributed by atoms with Crippen molar-refractivity contribution >= 4 is 33.1 Å². The summed E-state index contributed by atoms with van der Waals surface area (Å²) in [6.07, 6.45) is 7.03. The van der Waals surface area contributed by atoms with Gasteiger partial charge in [-0.2, -0.15) is 0 Å². The summed E-state index contributed by atoms with van der Waals surface area (Å²) in [5, 5.41) is 16.6. The molecule has 1 saturated heterocycles. The standard InChI is InChI=1S/C29H40N4O4S/c1-28(2,3)19-38(36,37)21-7-4-6-20(18-21)30-27(35)22-10-11-25(31-23-8-5-9-24(23)34)32-26(22)33-16-14-29(12-13-29)15-17-33/h4,6-7,10-11,18,23-24,34H,5,8-9,12-17,19H2,1-3H3,(H,30,35)(H,31,32)/t23-,24-/m1/s1. The SMILES string of the molecule is CC(C)(C)CS(=O)(=O)c1cccc(NC(=O)c2ccc(N[C@@H]3CCC[C@H]3O)nc2N2CCC3(CC2)CC3)c1.